The molecule has 3 rings (SSSR count). The van der Waals surface area contributed by atoms with Gasteiger partial charge in [0.2, 0.25) is 10.0 Å². The number of benzene rings is 1. The molecule has 170 valence electrons. The lowest BCUT2D eigenvalue weighted by molar-refractivity contribution is 0.0762. The Morgan fingerprint density at radius 3 is 2.58 bits per heavy atom. The molecule has 1 aromatic heterocycles. The molecule has 1 amide bonds. The summed E-state index contributed by atoms with van der Waals surface area (Å²) >= 11 is 1.62. The summed E-state index contributed by atoms with van der Waals surface area (Å²) in [5.41, 5.74) is 0.370. The summed E-state index contributed by atoms with van der Waals surface area (Å²) in [6, 6.07) is 8.82. The van der Waals surface area contributed by atoms with Crippen LogP contribution >= 0.6 is 11.3 Å². The lowest BCUT2D eigenvalue weighted by Gasteiger charge is -2.23. The first-order chi connectivity index (χ1) is 14.5. The van der Waals surface area contributed by atoms with Crippen molar-refractivity contribution in [3.63, 3.8) is 0 Å². The Kier molecular flexibility index (Phi) is 7.41. The van der Waals surface area contributed by atoms with Crippen LogP contribution in [0.1, 0.15) is 42.4 Å². The van der Waals surface area contributed by atoms with Crippen molar-refractivity contribution in [2.75, 3.05) is 38.5 Å². The van der Waals surface area contributed by atoms with Gasteiger partial charge in [-0.15, -0.1) is 11.3 Å². The van der Waals surface area contributed by atoms with Crippen molar-refractivity contribution >= 4 is 33.0 Å². The number of anilines is 1. The number of hydrogen-bond donors (Lipinski definition) is 2. The summed E-state index contributed by atoms with van der Waals surface area (Å²) in [5, 5.41) is 5.28. The number of hydrogen-bond acceptors (Lipinski definition) is 6. The Morgan fingerprint density at radius 1 is 1.13 bits per heavy atom. The molecule has 0 aliphatic carbocycles. The summed E-state index contributed by atoms with van der Waals surface area (Å²) in [7, 11) is -1.73. The topological polar surface area (TPSA) is 81.8 Å². The second kappa shape index (κ2) is 9.68. The van der Waals surface area contributed by atoms with Gasteiger partial charge in [-0.2, -0.15) is 0 Å². The Balaban J connectivity index is 1.92. The van der Waals surface area contributed by atoms with Crippen LogP contribution in [0.5, 0.6) is 0 Å². The zero-order valence-corrected chi connectivity index (χ0v) is 20.3. The van der Waals surface area contributed by atoms with Gasteiger partial charge in [-0.05, 0) is 70.4 Å². The first-order valence-electron chi connectivity index (χ1n) is 10.5. The van der Waals surface area contributed by atoms with Crippen molar-refractivity contribution in [2.45, 2.75) is 44.2 Å². The number of likely N-dealkylation sites (N-methyl/N-ethyl adjacent to an activating group) is 1. The van der Waals surface area contributed by atoms with Gasteiger partial charge in [0.05, 0.1) is 4.90 Å². The fourth-order valence-corrected chi connectivity index (χ4v) is 5.61. The molecular formula is C22H32N4O3S2. The highest BCUT2D eigenvalue weighted by Crippen LogP contribution is 2.23. The lowest BCUT2D eigenvalue weighted by atomic mass is 10.1. The van der Waals surface area contributed by atoms with Crippen molar-refractivity contribution in [3.05, 3.63) is 46.2 Å². The van der Waals surface area contributed by atoms with E-state index in [4.69, 9.17) is 0 Å². The summed E-state index contributed by atoms with van der Waals surface area (Å²) < 4.78 is 28.7. The quantitative estimate of drug-likeness (QED) is 0.686. The highest BCUT2D eigenvalue weighted by atomic mass is 32.2. The standard InChI is InChI=1S/C22H32N4O3S2/c1-22(2,3)24-31(28,29)20-14-17(21(27)26-9-6-8-25(4)10-11-26)13-18(15-20)23-16-19-7-5-12-30-19/h5,7,12-15,23-24H,6,8-11,16H2,1-4H3. The van der Waals surface area contributed by atoms with E-state index in [0.29, 0.717) is 30.9 Å². The number of carbonyl (C=O) groups is 1. The van der Waals surface area contributed by atoms with Crippen molar-refractivity contribution in [2.24, 2.45) is 0 Å². The van der Waals surface area contributed by atoms with Gasteiger partial charge >= 0.3 is 0 Å². The van der Waals surface area contributed by atoms with Crippen molar-refractivity contribution < 1.29 is 13.2 Å². The van der Waals surface area contributed by atoms with Crippen LogP contribution in [0, 0.1) is 0 Å². The third-order valence-electron chi connectivity index (χ3n) is 4.96. The summed E-state index contributed by atoms with van der Waals surface area (Å²) in [6.45, 7) is 8.99. The molecule has 31 heavy (non-hydrogen) atoms. The lowest BCUT2D eigenvalue weighted by Crippen LogP contribution is -2.40. The van der Waals surface area contributed by atoms with Crippen molar-refractivity contribution in [1.29, 1.82) is 0 Å². The van der Waals surface area contributed by atoms with Crippen LogP contribution in [-0.4, -0.2) is 62.9 Å². The fourth-order valence-electron chi connectivity index (χ4n) is 3.48. The zero-order valence-electron chi connectivity index (χ0n) is 18.6. The van der Waals surface area contributed by atoms with E-state index in [-0.39, 0.29) is 10.8 Å². The largest absolute Gasteiger partial charge is 0.380 e. The number of sulfonamides is 1. The first kappa shape index (κ1) is 23.7. The fraction of sp³-hybridized carbons (Fsp3) is 0.500. The molecule has 0 saturated carbocycles. The number of amides is 1. The van der Waals surface area contributed by atoms with Gasteiger partial charge < -0.3 is 15.1 Å². The molecule has 2 aromatic rings. The van der Waals surface area contributed by atoms with E-state index in [0.717, 1.165) is 24.4 Å². The monoisotopic (exact) mass is 464 g/mol. The summed E-state index contributed by atoms with van der Waals surface area (Å²) in [6.07, 6.45) is 0.898. The van der Waals surface area contributed by atoms with Gasteiger partial charge in [0.15, 0.2) is 0 Å². The van der Waals surface area contributed by atoms with Crippen LogP contribution in [0.4, 0.5) is 5.69 Å². The van der Waals surface area contributed by atoms with E-state index in [1.54, 1.807) is 44.2 Å². The second-order valence-electron chi connectivity index (χ2n) is 8.98. The van der Waals surface area contributed by atoms with Gasteiger partial charge in [-0.1, -0.05) is 6.07 Å². The third kappa shape index (κ3) is 6.77. The molecule has 9 heteroatoms. The predicted molar refractivity (Wildman–Crippen MR) is 126 cm³/mol. The number of rotatable bonds is 6. The molecule has 1 aliphatic heterocycles. The average Bonchev–Trinajstić information content (AvgIpc) is 3.11. The highest BCUT2D eigenvalue weighted by Gasteiger charge is 2.25. The summed E-state index contributed by atoms with van der Waals surface area (Å²) in [5.74, 6) is -0.137. The van der Waals surface area contributed by atoms with Crippen molar-refractivity contribution in [3.8, 4) is 0 Å². The van der Waals surface area contributed by atoms with E-state index in [1.165, 1.54) is 6.07 Å². The molecule has 0 bridgehead atoms. The van der Waals surface area contributed by atoms with E-state index in [9.17, 15) is 13.2 Å². The minimum Gasteiger partial charge on any atom is -0.380 e. The molecule has 0 unspecified atom stereocenters. The van der Waals surface area contributed by atoms with E-state index < -0.39 is 15.6 Å². The smallest absolute Gasteiger partial charge is 0.254 e. The van der Waals surface area contributed by atoms with Gasteiger partial charge in [0.1, 0.15) is 0 Å². The van der Waals surface area contributed by atoms with Gasteiger partial charge in [0.25, 0.3) is 5.91 Å². The Bertz CT molecular complexity index is 998. The molecule has 2 heterocycles. The van der Waals surface area contributed by atoms with E-state index in [1.807, 2.05) is 29.5 Å². The third-order valence-corrected chi connectivity index (χ3v) is 7.57. The Labute approximate surface area is 189 Å². The van der Waals surface area contributed by atoms with Gasteiger partial charge in [-0.25, -0.2) is 13.1 Å². The van der Waals surface area contributed by atoms with Crippen LogP contribution < -0.4 is 10.0 Å². The predicted octanol–water partition coefficient (Wildman–Crippen LogP) is 3.21. The molecule has 2 N–H and O–H groups in total. The molecule has 1 aromatic carbocycles. The van der Waals surface area contributed by atoms with Gasteiger partial charge in [0, 0.05) is 47.8 Å². The first-order valence-corrected chi connectivity index (χ1v) is 12.8. The molecule has 1 aliphatic rings. The van der Waals surface area contributed by atoms with Crippen molar-refractivity contribution in [1.82, 2.24) is 14.5 Å². The maximum atomic E-state index is 13.3. The average molecular weight is 465 g/mol. The number of nitrogens with zero attached hydrogens (tertiary/aromatic N) is 2. The maximum absolute atomic E-state index is 13.3. The SMILES string of the molecule is CN1CCCN(C(=O)c2cc(NCc3cccs3)cc(S(=O)(=O)NC(C)(C)C)c2)CC1. The number of thiophene rings is 1. The molecule has 0 radical (unpaired) electrons. The molecule has 1 saturated heterocycles. The second-order valence-corrected chi connectivity index (χ2v) is 11.7. The van der Waals surface area contributed by atoms with E-state index >= 15 is 0 Å². The Morgan fingerprint density at radius 2 is 1.90 bits per heavy atom. The van der Waals surface area contributed by atoms with Gasteiger partial charge in [-0.3, -0.25) is 4.79 Å². The minimum atomic E-state index is -3.78. The normalized spacial score (nSPS) is 16.2. The van der Waals surface area contributed by atoms with Crippen LogP contribution in [0.25, 0.3) is 0 Å². The molecule has 0 atom stereocenters. The zero-order chi connectivity index (χ0) is 22.6. The molecular weight excluding hydrogens is 432 g/mol. The molecule has 7 nitrogen and oxygen atoms in total. The molecule has 0 spiro atoms. The number of nitrogens with one attached hydrogen (secondary N) is 2. The van der Waals surface area contributed by atoms with Crippen LogP contribution in [0.2, 0.25) is 0 Å². The maximum Gasteiger partial charge on any atom is 0.254 e. The minimum absolute atomic E-state index is 0.0916. The Hall–Kier alpha value is -1.94. The molecule has 1 fully saturated rings. The van der Waals surface area contributed by atoms with Crippen LogP contribution in [0.15, 0.2) is 40.6 Å². The summed E-state index contributed by atoms with van der Waals surface area (Å²) in [4.78, 5) is 18.5. The van der Waals surface area contributed by atoms with Crippen LogP contribution in [-0.2, 0) is 16.6 Å². The van der Waals surface area contributed by atoms with E-state index in [2.05, 4.69) is 14.9 Å². The van der Waals surface area contributed by atoms with Crippen LogP contribution in [0.3, 0.4) is 0 Å². The number of carbonyl (C=O) groups excluding carboxylic acids is 1. The highest BCUT2D eigenvalue weighted by molar-refractivity contribution is 7.89.